The van der Waals surface area contributed by atoms with E-state index in [0.29, 0.717) is 13.0 Å². The minimum Gasteiger partial charge on any atom is -0.480 e. The standard InChI is InChI=1S/C6H14N2O2.H3NO2S/c7-4-2-1-3-5(8)6(9)10;1-4(2)3/h5H,1-4,7-8H2,(H,9,10);4H,(H2,1,2,3). The zero-order valence-corrected chi connectivity index (χ0v) is 8.65. The van der Waals surface area contributed by atoms with E-state index in [0.717, 1.165) is 12.8 Å². The molecule has 0 aliphatic rings. The van der Waals surface area contributed by atoms with Crippen LogP contribution in [0.2, 0.25) is 0 Å². The van der Waals surface area contributed by atoms with Gasteiger partial charge in [-0.3, -0.25) is 4.79 Å². The Kier molecular flexibility index (Phi) is 11.7. The van der Waals surface area contributed by atoms with E-state index in [-0.39, 0.29) is 0 Å². The summed E-state index contributed by atoms with van der Waals surface area (Å²) in [5.74, 6) is -0.933. The van der Waals surface area contributed by atoms with Crippen LogP contribution in [0.5, 0.6) is 0 Å². The molecule has 1 atom stereocenters. The van der Waals surface area contributed by atoms with Gasteiger partial charge in [0.15, 0.2) is 10.9 Å². The molecule has 0 rings (SSSR count). The number of carboxylic acids is 1. The van der Waals surface area contributed by atoms with Gasteiger partial charge in [0.2, 0.25) is 0 Å². The summed E-state index contributed by atoms with van der Waals surface area (Å²) in [5.41, 5.74) is 10.4. The van der Waals surface area contributed by atoms with Gasteiger partial charge in [0.1, 0.15) is 6.04 Å². The van der Waals surface area contributed by atoms with Crippen molar-refractivity contribution in [2.75, 3.05) is 6.54 Å². The Hall–Kier alpha value is -0.700. The topological polar surface area (TPSA) is 150 Å². The molecular weight excluding hydrogens is 210 g/mol. The molecule has 0 saturated carbocycles. The van der Waals surface area contributed by atoms with Crippen molar-refractivity contribution in [1.82, 2.24) is 0 Å². The highest BCUT2D eigenvalue weighted by molar-refractivity contribution is 7.69. The predicted octanol–water partition coefficient (Wildman–Crippen LogP) is -2.00. The van der Waals surface area contributed by atoms with Gasteiger partial charge in [-0.2, -0.15) is 0 Å². The van der Waals surface area contributed by atoms with Gasteiger partial charge < -0.3 is 16.6 Å². The molecular formula is C6H17N3O4S. The summed E-state index contributed by atoms with van der Waals surface area (Å²) in [6, 6.07) is -0.716. The van der Waals surface area contributed by atoms with Crippen molar-refractivity contribution < 1.29 is 18.3 Å². The highest BCUT2D eigenvalue weighted by Crippen LogP contribution is 1.96. The number of aliphatic carboxylic acids is 1. The minimum atomic E-state index is -2.62. The van der Waals surface area contributed by atoms with Crippen LogP contribution in [-0.4, -0.2) is 32.1 Å². The van der Waals surface area contributed by atoms with Crippen LogP contribution in [0.3, 0.4) is 0 Å². The molecule has 0 bridgehead atoms. The first-order chi connectivity index (χ1) is 6.41. The van der Waals surface area contributed by atoms with Gasteiger partial charge in [0.05, 0.1) is 0 Å². The summed E-state index contributed by atoms with van der Waals surface area (Å²) < 4.78 is 17.6. The molecule has 0 aromatic rings. The quantitative estimate of drug-likeness (QED) is 0.271. The lowest BCUT2D eigenvalue weighted by molar-refractivity contribution is -0.138. The van der Waals surface area contributed by atoms with Crippen LogP contribution in [0, 0.1) is 0 Å². The van der Waals surface area contributed by atoms with E-state index < -0.39 is 22.9 Å². The van der Waals surface area contributed by atoms with Crippen LogP contribution >= 0.6 is 0 Å². The molecule has 86 valence electrons. The lowest BCUT2D eigenvalue weighted by Gasteiger charge is -2.03. The summed E-state index contributed by atoms with van der Waals surface area (Å²) in [5, 5.41) is 12.4. The number of rotatable bonds is 5. The summed E-state index contributed by atoms with van der Waals surface area (Å²) in [6.45, 7) is 0.604. The fourth-order valence-electron chi connectivity index (χ4n) is 0.632. The lowest BCUT2D eigenvalue weighted by atomic mass is 10.1. The number of nitrogens with two attached hydrogens (primary N) is 3. The Balaban J connectivity index is 0. The molecule has 0 amide bonds. The molecule has 0 fully saturated rings. The van der Waals surface area contributed by atoms with E-state index in [1.165, 1.54) is 0 Å². The van der Waals surface area contributed by atoms with Gasteiger partial charge in [-0.15, -0.1) is 0 Å². The highest BCUT2D eigenvalue weighted by atomic mass is 32.2. The summed E-state index contributed by atoms with van der Waals surface area (Å²) >= 11 is 0. The van der Waals surface area contributed by atoms with E-state index in [1.807, 2.05) is 0 Å². The second kappa shape index (κ2) is 10.4. The average molecular weight is 227 g/mol. The van der Waals surface area contributed by atoms with Crippen molar-refractivity contribution in [3.63, 3.8) is 0 Å². The molecule has 0 aliphatic carbocycles. The van der Waals surface area contributed by atoms with Crippen LogP contribution in [0.15, 0.2) is 0 Å². The van der Waals surface area contributed by atoms with E-state index >= 15 is 0 Å². The van der Waals surface area contributed by atoms with Gasteiger partial charge in [0.25, 0.3) is 0 Å². The number of hydrogen-bond acceptors (Lipinski definition) is 5. The normalized spacial score (nSPS) is 11.7. The second-order valence-corrected chi connectivity index (χ2v) is 3.09. The first kappa shape index (κ1) is 15.8. The van der Waals surface area contributed by atoms with Crippen LogP contribution in [0.1, 0.15) is 19.3 Å². The number of unbranched alkanes of at least 4 members (excludes halogenated alkanes) is 1. The lowest BCUT2D eigenvalue weighted by Crippen LogP contribution is -2.29. The molecule has 0 spiro atoms. The van der Waals surface area contributed by atoms with Crippen LogP contribution in [-0.2, 0) is 15.7 Å². The monoisotopic (exact) mass is 227 g/mol. The van der Waals surface area contributed by atoms with Crippen molar-refractivity contribution in [2.45, 2.75) is 25.3 Å². The van der Waals surface area contributed by atoms with Crippen molar-refractivity contribution in [3.8, 4) is 0 Å². The smallest absolute Gasteiger partial charge is 0.320 e. The predicted molar refractivity (Wildman–Crippen MR) is 53.0 cm³/mol. The zero-order valence-electron chi connectivity index (χ0n) is 7.76. The number of hydrogen-bond donors (Lipinski definition) is 5. The van der Waals surface area contributed by atoms with Crippen LogP contribution in [0.4, 0.5) is 0 Å². The van der Waals surface area contributed by atoms with E-state index in [2.05, 4.69) is 5.14 Å². The summed E-state index contributed by atoms with van der Waals surface area (Å²) in [4.78, 5) is 10.1. The molecule has 1 unspecified atom stereocenters. The van der Waals surface area contributed by atoms with Crippen molar-refractivity contribution in [2.24, 2.45) is 16.6 Å². The van der Waals surface area contributed by atoms with E-state index in [1.54, 1.807) is 0 Å². The average Bonchev–Trinajstić information content (AvgIpc) is 2.03. The molecule has 0 radical (unpaired) electrons. The van der Waals surface area contributed by atoms with Crippen LogP contribution in [0.25, 0.3) is 0 Å². The van der Waals surface area contributed by atoms with E-state index in [9.17, 15) is 4.79 Å². The summed E-state index contributed by atoms with van der Waals surface area (Å²) in [6.07, 6.45) is 2.16. The molecule has 0 saturated heterocycles. The van der Waals surface area contributed by atoms with Gasteiger partial charge in [-0.25, -0.2) is 13.6 Å². The Morgan fingerprint density at radius 1 is 1.36 bits per heavy atom. The molecule has 0 aromatic heterocycles. The maximum Gasteiger partial charge on any atom is 0.320 e. The first-order valence-corrected chi connectivity index (χ1v) is 5.24. The second-order valence-electron chi connectivity index (χ2n) is 2.51. The highest BCUT2D eigenvalue weighted by Gasteiger charge is 2.09. The fraction of sp³-hybridized carbons (Fsp3) is 0.833. The Bertz CT molecular complexity index is 211. The van der Waals surface area contributed by atoms with Crippen LogP contribution < -0.4 is 16.6 Å². The maximum atomic E-state index is 10.1. The SMILES string of the molecule is NCCCCC(N)C(=O)O.N[SH](=O)=O. The molecule has 0 aliphatic heterocycles. The van der Waals surface area contributed by atoms with Crippen molar-refractivity contribution in [1.29, 1.82) is 0 Å². The zero-order chi connectivity index (χ0) is 11.6. The molecule has 14 heavy (non-hydrogen) atoms. The first-order valence-electron chi connectivity index (χ1n) is 3.99. The molecule has 7 nitrogen and oxygen atoms in total. The number of thiol groups is 1. The Morgan fingerprint density at radius 3 is 2.07 bits per heavy atom. The third kappa shape index (κ3) is 17.4. The Labute approximate surface area is 84.3 Å². The molecule has 7 N–H and O–H groups in total. The maximum absolute atomic E-state index is 10.1. The van der Waals surface area contributed by atoms with Crippen molar-refractivity contribution in [3.05, 3.63) is 0 Å². The summed E-state index contributed by atoms with van der Waals surface area (Å²) in [7, 11) is -2.62. The third-order valence-corrected chi connectivity index (χ3v) is 1.29. The van der Waals surface area contributed by atoms with Gasteiger partial charge in [0, 0.05) is 0 Å². The molecule has 0 aromatic carbocycles. The van der Waals surface area contributed by atoms with E-state index in [4.69, 9.17) is 25.0 Å². The molecule has 0 heterocycles. The number of carbonyl (C=O) groups is 1. The molecule has 8 heteroatoms. The van der Waals surface area contributed by atoms with Gasteiger partial charge in [-0.1, -0.05) is 6.42 Å². The van der Waals surface area contributed by atoms with Gasteiger partial charge >= 0.3 is 5.97 Å². The fourth-order valence-corrected chi connectivity index (χ4v) is 0.632. The van der Waals surface area contributed by atoms with Gasteiger partial charge in [-0.05, 0) is 19.4 Å². The third-order valence-electron chi connectivity index (χ3n) is 1.29. The largest absolute Gasteiger partial charge is 0.480 e. The van der Waals surface area contributed by atoms with Crippen molar-refractivity contribution >= 4 is 16.9 Å². The minimum absolute atomic E-state index is 0.520. The Morgan fingerprint density at radius 2 is 1.79 bits per heavy atom. The number of carboxylic acid groups (broad SMARTS) is 1.